The average molecular weight is 315 g/mol. The highest BCUT2D eigenvalue weighted by molar-refractivity contribution is 5.97. The van der Waals surface area contributed by atoms with Crippen molar-refractivity contribution in [2.45, 2.75) is 6.17 Å². The smallest absolute Gasteiger partial charge is 0.126 e. The van der Waals surface area contributed by atoms with Gasteiger partial charge in [0, 0.05) is 5.56 Å². The van der Waals surface area contributed by atoms with Crippen LogP contribution in [0, 0.1) is 5.41 Å². The summed E-state index contributed by atoms with van der Waals surface area (Å²) in [6.07, 6.45) is -0.0981. The van der Waals surface area contributed by atoms with Gasteiger partial charge in [0.05, 0.1) is 0 Å². The first-order valence-electron chi connectivity index (χ1n) is 8.01. The number of hydrogen-bond donors (Lipinski definition) is 3. The van der Waals surface area contributed by atoms with Crippen LogP contribution in [0.25, 0.3) is 11.1 Å². The Kier molecular flexibility index (Phi) is 5.04. The van der Waals surface area contributed by atoms with E-state index in [1.54, 1.807) is 0 Å². The maximum Gasteiger partial charge on any atom is 0.126 e. The van der Waals surface area contributed by atoms with Crippen molar-refractivity contribution in [1.82, 2.24) is 10.6 Å². The van der Waals surface area contributed by atoms with Crippen LogP contribution >= 0.6 is 0 Å². The summed E-state index contributed by atoms with van der Waals surface area (Å²) in [4.78, 5) is 0. The summed E-state index contributed by atoms with van der Waals surface area (Å²) in [5.41, 5.74) is 4.23. The monoisotopic (exact) mass is 315 g/mol. The molecule has 3 heteroatoms. The molecule has 0 amide bonds. The molecule has 120 valence electrons. The Morgan fingerprint density at radius 3 is 2.08 bits per heavy atom. The molecule has 24 heavy (non-hydrogen) atoms. The minimum Gasteiger partial charge on any atom is -0.351 e. The molecule has 0 aliphatic heterocycles. The average Bonchev–Trinajstić information content (AvgIpc) is 2.67. The Balaban J connectivity index is 1.80. The second kappa shape index (κ2) is 7.57. The van der Waals surface area contributed by atoms with Crippen molar-refractivity contribution >= 4 is 5.84 Å². The minimum atomic E-state index is -0.0981. The molecule has 0 spiro atoms. The van der Waals surface area contributed by atoms with E-state index in [1.807, 2.05) is 73.8 Å². The van der Waals surface area contributed by atoms with E-state index < -0.39 is 0 Å². The Morgan fingerprint density at radius 1 is 0.792 bits per heavy atom. The van der Waals surface area contributed by atoms with Crippen molar-refractivity contribution in [3.63, 3.8) is 0 Å². The lowest BCUT2D eigenvalue weighted by Gasteiger charge is -2.20. The molecule has 0 aromatic heterocycles. The van der Waals surface area contributed by atoms with E-state index in [4.69, 9.17) is 5.41 Å². The van der Waals surface area contributed by atoms with Crippen LogP contribution in [0.1, 0.15) is 17.3 Å². The van der Waals surface area contributed by atoms with Gasteiger partial charge in [-0.3, -0.25) is 10.7 Å². The summed E-state index contributed by atoms with van der Waals surface area (Å²) in [7, 11) is 1.89. The van der Waals surface area contributed by atoms with Crippen molar-refractivity contribution in [2.75, 3.05) is 7.05 Å². The van der Waals surface area contributed by atoms with Crippen LogP contribution in [0.4, 0.5) is 0 Å². The molecule has 0 heterocycles. The quantitative estimate of drug-likeness (QED) is 0.376. The van der Waals surface area contributed by atoms with Crippen LogP contribution in [0.5, 0.6) is 0 Å². The zero-order chi connectivity index (χ0) is 16.8. The fraction of sp³-hybridized carbons (Fsp3) is 0.0952. The van der Waals surface area contributed by atoms with Crippen molar-refractivity contribution in [2.24, 2.45) is 0 Å². The van der Waals surface area contributed by atoms with E-state index in [1.165, 1.54) is 0 Å². The Bertz CT molecular complexity index is 798. The summed E-state index contributed by atoms with van der Waals surface area (Å²) in [5, 5.41) is 14.9. The maximum absolute atomic E-state index is 8.42. The van der Waals surface area contributed by atoms with E-state index >= 15 is 0 Å². The Morgan fingerprint density at radius 2 is 1.42 bits per heavy atom. The molecule has 3 nitrogen and oxygen atoms in total. The number of rotatable bonds is 5. The molecule has 1 unspecified atom stereocenters. The van der Waals surface area contributed by atoms with Gasteiger partial charge in [0.1, 0.15) is 12.0 Å². The van der Waals surface area contributed by atoms with Gasteiger partial charge in [0.15, 0.2) is 0 Å². The summed E-state index contributed by atoms with van der Waals surface area (Å²) >= 11 is 0. The van der Waals surface area contributed by atoms with Crippen molar-refractivity contribution in [3.05, 3.63) is 96.1 Å². The highest BCUT2D eigenvalue weighted by atomic mass is 15.1. The number of hydrogen-bond acceptors (Lipinski definition) is 2. The van der Waals surface area contributed by atoms with Gasteiger partial charge in [0.2, 0.25) is 0 Å². The van der Waals surface area contributed by atoms with Crippen LogP contribution < -0.4 is 10.6 Å². The first-order chi connectivity index (χ1) is 11.8. The molecular formula is C21H21N3. The van der Waals surface area contributed by atoms with E-state index in [0.717, 1.165) is 22.3 Å². The van der Waals surface area contributed by atoms with Crippen molar-refractivity contribution in [3.8, 4) is 11.1 Å². The van der Waals surface area contributed by atoms with E-state index in [9.17, 15) is 0 Å². The topological polar surface area (TPSA) is 47.9 Å². The van der Waals surface area contributed by atoms with Gasteiger partial charge in [0.25, 0.3) is 0 Å². The Labute approximate surface area is 142 Å². The van der Waals surface area contributed by atoms with Crippen LogP contribution in [0.2, 0.25) is 0 Å². The first kappa shape index (κ1) is 16.0. The number of nitrogens with one attached hydrogen (secondary N) is 3. The molecular weight excluding hydrogens is 294 g/mol. The van der Waals surface area contributed by atoms with Gasteiger partial charge < -0.3 is 5.32 Å². The predicted octanol–water partition coefficient (Wildman–Crippen LogP) is 4.19. The van der Waals surface area contributed by atoms with Gasteiger partial charge in [-0.2, -0.15) is 0 Å². The van der Waals surface area contributed by atoms with E-state index in [-0.39, 0.29) is 6.17 Å². The molecule has 0 radical (unpaired) electrons. The number of benzene rings is 3. The van der Waals surface area contributed by atoms with Gasteiger partial charge >= 0.3 is 0 Å². The maximum atomic E-state index is 8.42. The lowest BCUT2D eigenvalue weighted by atomic mass is 10.0. The fourth-order valence-electron chi connectivity index (χ4n) is 2.68. The number of amidine groups is 1. The molecule has 0 saturated carbocycles. The van der Waals surface area contributed by atoms with Crippen LogP contribution in [0.3, 0.4) is 0 Å². The van der Waals surface area contributed by atoms with Gasteiger partial charge in [-0.25, -0.2) is 0 Å². The molecule has 0 fully saturated rings. The van der Waals surface area contributed by atoms with Gasteiger partial charge in [-0.05, 0) is 29.8 Å². The zero-order valence-corrected chi connectivity index (χ0v) is 13.7. The molecule has 0 aliphatic carbocycles. The summed E-state index contributed by atoms with van der Waals surface area (Å²) < 4.78 is 0. The van der Waals surface area contributed by atoms with Crippen LogP contribution in [-0.2, 0) is 0 Å². The summed E-state index contributed by atoms with van der Waals surface area (Å²) in [5.74, 6) is 0.399. The third-order valence-corrected chi connectivity index (χ3v) is 3.97. The predicted molar refractivity (Wildman–Crippen MR) is 100 cm³/mol. The molecule has 0 bridgehead atoms. The second-order valence-corrected chi connectivity index (χ2v) is 5.60. The van der Waals surface area contributed by atoms with Gasteiger partial charge in [-0.1, -0.05) is 78.9 Å². The molecule has 0 saturated heterocycles. The van der Waals surface area contributed by atoms with Crippen LogP contribution in [-0.4, -0.2) is 12.9 Å². The first-order valence-corrected chi connectivity index (χ1v) is 8.01. The molecule has 3 aromatic rings. The second-order valence-electron chi connectivity index (χ2n) is 5.60. The van der Waals surface area contributed by atoms with Crippen LogP contribution in [0.15, 0.2) is 84.9 Å². The largest absolute Gasteiger partial charge is 0.351 e. The van der Waals surface area contributed by atoms with Crippen molar-refractivity contribution < 1.29 is 0 Å². The molecule has 1 atom stereocenters. The standard InChI is InChI=1S/C21H21N3/c1-23-21(17-11-6-3-7-12-17)24-20(22)19-14-8-13-18(15-19)16-9-4-2-5-10-16/h2-15,21,23H,1H3,(H2,22,24). The molecule has 3 N–H and O–H groups in total. The lowest BCUT2D eigenvalue weighted by molar-refractivity contribution is 0.559. The zero-order valence-electron chi connectivity index (χ0n) is 13.7. The highest BCUT2D eigenvalue weighted by Crippen LogP contribution is 2.20. The van der Waals surface area contributed by atoms with Crippen molar-refractivity contribution in [1.29, 1.82) is 5.41 Å². The van der Waals surface area contributed by atoms with E-state index in [2.05, 4.69) is 28.8 Å². The third-order valence-electron chi connectivity index (χ3n) is 3.97. The third kappa shape index (κ3) is 3.70. The summed E-state index contributed by atoms with van der Waals surface area (Å²) in [6.45, 7) is 0. The fourth-order valence-corrected chi connectivity index (χ4v) is 2.68. The van der Waals surface area contributed by atoms with Gasteiger partial charge in [-0.15, -0.1) is 0 Å². The molecule has 0 aliphatic rings. The Hall–Kier alpha value is -2.91. The summed E-state index contributed by atoms with van der Waals surface area (Å²) in [6, 6.07) is 28.4. The minimum absolute atomic E-state index is 0.0981. The molecule has 3 aromatic carbocycles. The lowest BCUT2D eigenvalue weighted by Crippen LogP contribution is -2.36. The SMILES string of the molecule is CNC(NC(=N)c1cccc(-c2ccccc2)c1)c1ccccc1. The normalized spacial score (nSPS) is 11.7. The molecule has 3 rings (SSSR count). The highest BCUT2D eigenvalue weighted by Gasteiger charge is 2.11. The van der Waals surface area contributed by atoms with E-state index in [0.29, 0.717) is 5.84 Å².